The molecule has 162 valence electrons. The van der Waals surface area contributed by atoms with E-state index >= 15 is 0 Å². The van der Waals surface area contributed by atoms with Gasteiger partial charge in [0.2, 0.25) is 5.91 Å². The van der Waals surface area contributed by atoms with E-state index in [1.165, 1.54) is 0 Å². The summed E-state index contributed by atoms with van der Waals surface area (Å²) < 4.78 is 11.6. The molecule has 2 atom stereocenters. The molecule has 2 aromatic carbocycles. The molecule has 0 aromatic heterocycles. The van der Waals surface area contributed by atoms with Gasteiger partial charge >= 0.3 is 0 Å². The first-order chi connectivity index (χ1) is 14.7. The third-order valence-corrected chi connectivity index (χ3v) is 6.89. The van der Waals surface area contributed by atoms with Crippen LogP contribution in [0, 0.1) is 5.92 Å². The molecule has 1 fully saturated rings. The second kappa shape index (κ2) is 11.3. The number of rotatable bonds is 10. The van der Waals surface area contributed by atoms with Gasteiger partial charge in [-0.15, -0.1) is 11.8 Å². The highest BCUT2D eigenvalue weighted by molar-refractivity contribution is 7.99. The molecule has 1 heterocycles. The molecule has 3 rings (SSSR count). The first-order valence-electron chi connectivity index (χ1n) is 10.9. The number of thioether (sulfide) groups is 1. The van der Waals surface area contributed by atoms with Gasteiger partial charge in [-0.05, 0) is 36.1 Å². The van der Waals surface area contributed by atoms with Gasteiger partial charge in [0.15, 0.2) is 11.5 Å². The number of unbranched alkanes of at least 4 members (excludes halogenated alkanes) is 1. The third kappa shape index (κ3) is 5.51. The Hall–Kier alpha value is -2.14. The summed E-state index contributed by atoms with van der Waals surface area (Å²) in [4.78, 5) is 15.3. The molecule has 0 spiro atoms. The van der Waals surface area contributed by atoms with Crippen LogP contribution >= 0.6 is 11.8 Å². The second-order valence-electron chi connectivity index (χ2n) is 7.69. The number of methoxy groups -OCH3 is 1. The van der Waals surface area contributed by atoms with Crippen LogP contribution in [0.3, 0.4) is 0 Å². The van der Waals surface area contributed by atoms with Crippen molar-refractivity contribution < 1.29 is 14.3 Å². The molecule has 0 saturated carbocycles. The highest BCUT2D eigenvalue weighted by Crippen LogP contribution is 2.42. The lowest BCUT2D eigenvalue weighted by Gasteiger charge is -2.28. The predicted molar refractivity (Wildman–Crippen MR) is 124 cm³/mol. The van der Waals surface area contributed by atoms with E-state index < -0.39 is 0 Å². The first-order valence-corrected chi connectivity index (χ1v) is 12.0. The summed E-state index contributed by atoms with van der Waals surface area (Å²) >= 11 is 1.83. The number of ether oxygens (including phenoxy) is 2. The van der Waals surface area contributed by atoms with Crippen LogP contribution in [0.1, 0.15) is 56.0 Å². The van der Waals surface area contributed by atoms with Crippen molar-refractivity contribution in [3.63, 3.8) is 0 Å². The smallest absolute Gasteiger partial charge is 0.226 e. The lowest BCUT2D eigenvalue weighted by atomic mass is 9.97. The Morgan fingerprint density at radius 3 is 2.67 bits per heavy atom. The fourth-order valence-corrected chi connectivity index (χ4v) is 5.11. The maximum atomic E-state index is 13.2. The maximum Gasteiger partial charge on any atom is 0.226 e. The van der Waals surface area contributed by atoms with E-state index in [2.05, 4.69) is 24.8 Å². The summed E-state index contributed by atoms with van der Waals surface area (Å²) in [7, 11) is 1.66. The number of hydrogen-bond donors (Lipinski definition) is 0. The summed E-state index contributed by atoms with van der Waals surface area (Å²) in [5, 5.41) is 0.0400. The van der Waals surface area contributed by atoms with E-state index in [9.17, 15) is 4.79 Å². The molecular weight excluding hydrogens is 394 g/mol. The topological polar surface area (TPSA) is 38.8 Å². The Morgan fingerprint density at radius 1 is 1.17 bits per heavy atom. The number of amides is 1. The van der Waals surface area contributed by atoms with E-state index in [1.54, 1.807) is 7.11 Å². The van der Waals surface area contributed by atoms with Crippen molar-refractivity contribution >= 4 is 17.7 Å². The zero-order valence-electron chi connectivity index (χ0n) is 18.3. The van der Waals surface area contributed by atoms with Gasteiger partial charge in [-0.2, -0.15) is 0 Å². The van der Waals surface area contributed by atoms with Gasteiger partial charge in [0.25, 0.3) is 0 Å². The lowest BCUT2D eigenvalue weighted by Crippen LogP contribution is -2.35. The second-order valence-corrected chi connectivity index (χ2v) is 8.87. The number of benzene rings is 2. The minimum absolute atomic E-state index is 0.0400. The first kappa shape index (κ1) is 22.5. The molecule has 1 saturated heterocycles. The van der Waals surface area contributed by atoms with E-state index in [4.69, 9.17) is 9.47 Å². The molecule has 2 aromatic rings. The molecule has 0 unspecified atom stereocenters. The standard InChI is InChI=1S/C25H33NO3S/c1-4-6-12-20(5-2)24(27)26-15-16-30-25(26)21-13-14-22(28-3)23(17-21)29-18-19-10-8-7-9-11-19/h7-11,13-14,17,20,25H,4-6,12,15-16,18H2,1-3H3/t20-,25+/m0/s1. The molecule has 30 heavy (non-hydrogen) atoms. The fourth-order valence-electron chi connectivity index (χ4n) is 3.85. The molecule has 1 aliphatic rings. The molecule has 0 radical (unpaired) electrons. The highest BCUT2D eigenvalue weighted by atomic mass is 32.2. The van der Waals surface area contributed by atoms with E-state index in [0.29, 0.717) is 18.3 Å². The summed E-state index contributed by atoms with van der Waals surface area (Å²) in [6, 6.07) is 16.2. The van der Waals surface area contributed by atoms with E-state index in [-0.39, 0.29) is 11.3 Å². The van der Waals surface area contributed by atoms with Crippen molar-refractivity contribution in [3.8, 4) is 11.5 Å². The number of nitrogens with zero attached hydrogens (tertiary/aromatic N) is 1. The Labute approximate surface area is 184 Å². The zero-order valence-corrected chi connectivity index (χ0v) is 19.1. The number of hydrogen-bond acceptors (Lipinski definition) is 4. The molecule has 0 bridgehead atoms. The zero-order chi connectivity index (χ0) is 21.3. The van der Waals surface area contributed by atoms with Crippen molar-refractivity contribution in [1.29, 1.82) is 0 Å². The van der Waals surface area contributed by atoms with Gasteiger partial charge in [-0.1, -0.05) is 63.1 Å². The molecule has 4 nitrogen and oxygen atoms in total. The Bertz CT molecular complexity index is 811. The summed E-state index contributed by atoms with van der Waals surface area (Å²) in [6.45, 7) is 5.60. The highest BCUT2D eigenvalue weighted by Gasteiger charge is 2.34. The van der Waals surface area contributed by atoms with Crippen molar-refractivity contribution in [2.45, 2.75) is 51.5 Å². The predicted octanol–water partition coefficient (Wildman–Crippen LogP) is 6.06. The van der Waals surface area contributed by atoms with Gasteiger partial charge in [0.1, 0.15) is 12.0 Å². The Balaban J connectivity index is 1.77. The van der Waals surface area contributed by atoms with Crippen LogP contribution in [-0.2, 0) is 11.4 Å². The van der Waals surface area contributed by atoms with Crippen molar-refractivity contribution in [3.05, 3.63) is 59.7 Å². The van der Waals surface area contributed by atoms with E-state index in [0.717, 1.165) is 54.9 Å². The monoisotopic (exact) mass is 427 g/mol. The quantitative estimate of drug-likeness (QED) is 0.462. The molecule has 0 N–H and O–H groups in total. The van der Waals surface area contributed by atoms with Crippen LogP contribution < -0.4 is 9.47 Å². The van der Waals surface area contributed by atoms with Crippen molar-refractivity contribution in [2.24, 2.45) is 5.92 Å². The molecule has 5 heteroatoms. The lowest BCUT2D eigenvalue weighted by molar-refractivity contribution is -0.136. The SMILES string of the molecule is CCCC[C@H](CC)C(=O)N1CCS[C@@H]1c1ccc(OC)c(OCc2ccccc2)c1. The fraction of sp³-hybridized carbons (Fsp3) is 0.480. The van der Waals surface area contributed by atoms with Gasteiger partial charge < -0.3 is 14.4 Å². The minimum atomic E-state index is 0.0400. The number of carbonyl (C=O) groups is 1. The van der Waals surface area contributed by atoms with Crippen LogP contribution in [0.15, 0.2) is 48.5 Å². The van der Waals surface area contributed by atoms with Gasteiger partial charge in [0, 0.05) is 18.2 Å². The molecule has 1 amide bonds. The maximum absolute atomic E-state index is 13.2. The van der Waals surface area contributed by atoms with Gasteiger partial charge in [-0.25, -0.2) is 0 Å². The van der Waals surface area contributed by atoms with Gasteiger partial charge in [-0.3, -0.25) is 4.79 Å². The number of carbonyl (C=O) groups excluding carboxylic acids is 1. The van der Waals surface area contributed by atoms with Crippen LogP contribution in [0.4, 0.5) is 0 Å². The van der Waals surface area contributed by atoms with Gasteiger partial charge in [0.05, 0.1) is 7.11 Å². The van der Waals surface area contributed by atoms with Crippen LogP contribution in [0.2, 0.25) is 0 Å². The summed E-state index contributed by atoms with van der Waals surface area (Å²) in [5.41, 5.74) is 2.21. The van der Waals surface area contributed by atoms with Crippen molar-refractivity contribution in [1.82, 2.24) is 4.90 Å². The molecular formula is C25H33NO3S. The third-order valence-electron chi connectivity index (χ3n) is 5.63. The largest absolute Gasteiger partial charge is 0.493 e. The summed E-state index contributed by atoms with van der Waals surface area (Å²) in [5.74, 6) is 2.82. The average Bonchev–Trinajstić information content (AvgIpc) is 3.28. The minimum Gasteiger partial charge on any atom is -0.493 e. The van der Waals surface area contributed by atoms with E-state index in [1.807, 2.05) is 54.2 Å². The van der Waals surface area contributed by atoms with Crippen LogP contribution in [-0.4, -0.2) is 30.2 Å². The van der Waals surface area contributed by atoms with Crippen LogP contribution in [0.5, 0.6) is 11.5 Å². The molecule has 1 aliphatic heterocycles. The Kier molecular flexibility index (Phi) is 8.50. The van der Waals surface area contributed by atoms with Crippen LogP contribution in [0.25, 0.3) is 0 Å². The Morgan fingerprint density at radius 2 is 1.97 bits per heavy atom. The average molecular weight is 428 g/mol. The summed E-state index contributed by atoms with van der Waals surface area (Å²) in [6.07, 6.45) is 4.12. The molecule has 0 aliphatic carbocycles. The van der Waals surface area contributed by atoms with Crippen molar-refractivity contribution in [2.75, 3.05) is 19.4 Å². The normalized spacial score (nSPS) is 17.0.